The molecule has 0 aromatic heterocycles. The van der Waals surface area contributed by atoms with Gasteiger partial charge in [-0.25, -0.2) is 0 Å². The Bertz CT molecular complexity index is 1010. The fraction of sp³-hybridized carbons (Fsp3) is 0.407. The summed E-state index contributed by atoms with van der Waals surface area (Å²) in [7, 11) is 0. The van der Waals surface area contributed by atoms with Crippen LogP contribution in [0.25, 0.3) is 0 Å². The molecule has 0 aliphatic carbocycles. The summed E-state index contributed by atoms with van der Waals surface area (Å²) in [4.78, 5) is 54.1. The van der Waals surface area contributed by atoms with Crippen LogP contribution in [0.3, 0.4) is 0 Å². The largest absolute Gasteiger partial charge is 0.354 e. The Balaban J connectivity index is 1.69. The molecule has 4 amide bonds. The standard InChI is InChI=1S/C27H33N3O4/c1-4-16-28-25(32)23(5-2)30(18-20-14-12-19(3)13-15-20)24(31)11-8-17-29-26(33)21-9-6-7-10-22(21)27(29)34/h6-7,9-10,12-15,23H,4-5,8,11,16-18H2,1-3H3,(H,28,32). The first-order valence-corrected chi connectivity index (χ1v) is 11.9. The molecule has 1 aliphatic rings. The Hall–Kier alpha value is -3.48. The molecule has 1 aliphatic heterocycles. The van der Waals surface area contributed by atoms with Crippen molar-refractivity contribution in [3.05, 3.63) is 70.8 Å². The van der Waals surface area contributed by atoms with Crippen molar-refractivity contribution in [2.45, 2.75) is 59.0 Å². The van der Waals surface area contributed by atoms with Crippen LogP contribution in [0.2, 0.25) is 0 Å². The third kappa shape index (κ3) is 5.71. The fourth-order valence-corrected chi connectivity index (χ4v) is 4.15. The van der Waals surface area contributed by atoms with Gasteiger partial charge in [-0.2, -0.15) is 0 Å². The molecule has 0 radical (unpaired) electrons. The zero-order valence-corrected chi connectivity index (χ0v) is 20.2. The number of amides is 4. The van der Waals surface area contributed by atoms with Gasteiger partial charge in [-0.05, 0) is 43.9 Å². The van der Waals surface area contributed by atoms with Gasteiger partial charge in [0.2, 0.25) is 11.8 Å². The van der Waals surface area contributed by atoms with Crippen LogP contribution < -0.4 is 5.32 Å². The van der Waals surface area contributed by atoms with E-state index in [1.165, 1.54) is 4.90 Å². The van der Waals surface area contributed by atoms with Gasteiger partial charge >= 0.3 is 0 Å². The molecule has 2 aromatic rings. The molecule has 2 aromatic carbocycles. The smallest absolute Gasteiger partial charge is 0.261 e. The number of carbonyl (C=O) groups excluding carboxylic acids is 4. The van der Waals surface area contributed by atoms with Crippen LogP contribution in [0.1, 0.15) is 71.4 Å². The van der Waals surface area contributed by atoms with Gasteiger partial charge in [0.05, 0.1) is 11.1 Å². The monoisotopic (exact) mass is 463 g/mol. The highest BCUT2D eigenvalue weighted by Crippen LogP contribution is 2.23. The Morgan fingerprint density at radius 1 is 0.971 bits per heavy atom. The number of imide groups is 1. The molecule has 7 nitrogen and oxygen atoms in total. The van der Waals surface area contributed by atoms with Crippen molar-refractivity contribution < 1.29 is 19.2 Å². The molecule has 7 heteroatoms. The van der Waals surface area contributed by atoms with Crippen molar-refractivity contribution in [3.8, 4) is 0 Å². The van der Waals surface area contributed by atoms with E-state index < -0.39 is 6.04 Å². The number of carbonyl (C=O) groups is 4. The van der Waals surface area contributed by atoms with E-state index in [-0.39, 0.29) is 36.6 Å². The van der Waals surface area contributed by atoms with Crippen molar-refractivity contribution in [1.82, 2.24) is 15.1 Å². The predicted octanol–water partition coefficient (Wildman–Crippen LogP) is 3.70. The molecule has 0 bridgehead atoms. The normalized spacial score (nSPS) is 13.6. The number of aryl methyl sites for hydroxylation is 1. The minimum atomic E-state index is -0.584. The molecular weight excluding hydrogens is 430 g/mol. The molecule has 3 rings (SSSR count). The number of benzene rings is 2. The Morgan fingerprint density at radius 3 is 2.15 bits per heavy atom. The summed E-state index contributed by atoms with van der Waals surface area (Å²) in [5.41, 5.74) is 2.87. The molecule has 1 heterocycles. The molecule has 1 N–H and O–H groups in total. The molecule has 0 spiro atoms. The Labute approximate surface area is 201 Å². The lowest BCUT2D eigenvalue weighted by Gasteiger charge is -2.31. The van der Waals surface area contributed by atoms with Crippen LogP contribution >= 0.6 is 0 Å². The second-order valence-corrected chi connectivity index (χ2v) is 8.63. The number of rotatable bonds is 11. The topological polar surface area (TPSA) is 86.8 Å². The molecule has 0 fully saturated rings. The average Bonchev–Trinajstić information content (AvgIpc) is 3.08. The number of nitrogens with one attached hydrogen (secondary N) is 1. The van der Waals surface area contributed by atoms with Crippen LogP contribution in [0.5, 0.6) is 0 Å². The highest BCUT2D eigenvalue weighted by Gasteiger charge is 2.35. The van der Waals surface area contributed by atoms with Crippen LogP contribution in [0.15, 0.2) is 48.5 Å². The van der Waals surface area contributed by atoms with Crippen LogP contribution in [0.4, 0.5) is 0 Å². The van der Waals surface area contributed by atoms with Gasteiger partial charge in [0.25, 0.3) is 11.8 Å². The third-order valence-electron chi connectivity index (χ3n) is 6.06. The summed E-state index contributed by atoms with van der Waals surface area (Å²) in [5.74, 6) is -0.981. The Morgan fingerprint density at radius 2 is 1.59 bits per heavy atom. The number of fused-ring (bicyclic) bond motifs is 1. The van der Waals surface area contributed by atoms with Crippen molar-refractivity contribution in [3.63, 3.8) is 0 Å². The maximum atomic E-state index is 13.3. The molecular formula is C27H33N3O4. The van der Waals surface area contributed by atoms with E-state index in [1.54, 1.807) is 29.2 Å². The molecule has 180 valence electrons. The zero-order chi connectivity index (χ0) is 24.7. The van der Waals surface area contributed by atoms with Gasteiger partial charge in [-0.15, -0.1) is 0 Å². The first-order valence-electron chi connectivity index (χ1n) is 11.9. The first kappa shape index (κ1) is 25.1. The van der Waals surface area contributed by atoms with Crippen LogP contribution in [-0.4, -0.2) is 52.6 Å². The van der Waals surface area contributed by atoms with E-state index in [9.17, 15) is 19.2 Å². The maximum absolute atomic E-state index is 13.3. The second-order valence-electron chi connectivity index (χ2n) is 8.63. The number of hydrogen-bond acceptors (Lipinski definition) is 4. The van der Waals surface area contributed by atoms with Gasteiger partial charge in [-0.3, -0.25) is 24.1 Å². The predicted molar refractivity (Wildman–Crippen MR) is 130 cm³/mol. The minimum absolute atomic E-state index is 0.136. The summed E-state index contributed by atoms with van der Waals surface area (Å²) in [6.45, 7) is 6.92. The average molecular weight is 464 g/mol. The van der Waals surface area contributed by atoms with Crippen molar-refractivity contribution in [2.24, 2.45) is 0 Å². The Kier molecular flexibility index (Phi) is 8.57. The SMILES string of the molecule is CCCNC(=O)C(CC)N(Cc1ccc(C)cc1)C(=O)CCCN1C(=O)c2ccccc2C1=O. The lowest BCUT2D eigenvalue weighted by atomic mass is 10.1. The van der Waals surface area contributed by atoms with Gasteiger partial charge < -0.3 is 10.2 Å². The summed E-state index contributed by atoms with van der Waals surface area (Å²) in [5, 5.41) is 2.91. The molecule has 0 saturated carbocycles. The molecule has 0 saturated heterocycles. The lowest BCUT2D eigenvalue weighted by Crippen LogP contribution is -2.49. The summed E-state index contributed by atoms with van der Waals surface area (Å²) < 4.78 is 0. The highest BCUT2D eigenvalue weighted by atomic mass is 16.2. The summed E-state index contributed by atoms with van der Waals surface area (Å²) >= 11 is 0. The first-order chi connectivity index (χ1) is 16.4. The fourth-order valence-electron chi connectivity index (χ4n) is 4.15. The van der Waals surface area contributed by atoms with Crippen molar-refractivity contribution >= 4 is 23.6 Å². The summed E-state index contributed by atoms with van der Waals surface area (Å²) in [6.07, 6.45) is 1.78. The van der Waals surface area contributed by atoms with E-state index in [2.05, 4.69) is 5.32 Å². The number of nitrogens with zero attached hydrogens (tertiary/aromatic N) is 2. The van der Waals surface area contributed by atoms with Crippen molar-refractivity contribution in [1.29, 1.82) is 0 Å². The van der Waals surface area contributed by atoms with Gasteiger partial charge in [0.1, 0.15) is 6.04 Å². The van der Waals surface area contributed by atoms with Gasteiger partial charge in [-0.1, -0.05) is 55.8 Å². The molecule has 1 atom stereocenters. The van der Waals surface area contributed by atoms with E-state index in [4.69, 9.17) is 0 Å². The second kappa shape index (κ2) is 11.6. The zero-order valence-electron chi connectivity index (χ0n) is 20.2. The van der Waals surface area contributed by atoms with Gasteiger partial charge in [0, 0.05) is 26.1 Å². The van der Waals surface area contributed by atoms with E-state index in [1.807, 2.05) is 45.0 Å². The van der Waals surface area contributed by atoms with Crippen molar-refractivity contribution in [2.75, 3.05) is 13.1 Å². The molecule has 1 unspecified atom stereocenters. The van der Waals surface area contributed by atoms with E-state index >= 15 is 0 Å². The van der Waals surface area contributed by atoms with Crippen LogP contribution in [-0.2, 0) is 16.1 Å². The highest BCUT2D eigenvalue weighted by molar-refractivity contribution is 6.21. The quantitative estimate of drug-likeness (QED) is 0.515. The third-order valence-corrected chi connectivity index (χ3v) is 6.06. The van der Waals surface area contributed by atoms with E-state index in [0.717, 1.165) is 17.5 Å². The minimum Gasteiger partial charge on any atom is -0.354 e. The van der Waals surface area contributed by atoms with Crippen LogP contribution in [0, 0.1) is 6.92 Å². The number of hydrogen-bond donors (Lipinski definition) is 1. The maximum Gasteiger partial charge on any atom is 0.261 e. The molecule has 34 heavy (non-hydrogen) atoms. The lowest BCUT2D eigenvalue weighted by molar-refractivity contribution is -0.141. The van der Waals surface area contributed by atoms with Gasteiger partial charge in [0.15, 0.2) is 0 Å². The summed E-state index contributed by atoms with van der Waals surface area (Å²) in [6, 6.07) is 14.1. The van der Waals surface area contributed by atoms with E-state index in [0.29, 0.717) is 37.1 Å².